The number of rotatable bonds is 6. The Kier molecular flexibility index (Phi) is 7.18. The van der Waals surface area contributed by atoms with Crippen molar-refractivity contribution in [3.05, 3.63) is 23.8 Å². The molecule has 0 saturated carbocycles. The van der Waals surface area contributed by atoms with E-state index in [-0.39, 0.29) is 6.67 Å². The minimum absolute atomic E-state index is 0.359. The quantitative estimate of drug-likeness (QED) is 0.634. The topological polar surface area (TPSA) is 3.24 Å². The molecule has 1 aliphatic heterocycles. The smallest absolute Gasteiger partial charge is 0.108 e. The molecule has 0 aliphatic carbocycles. The number of nitrogens with zero attached hydrogens (tertiary/aromatic N) is 1. The summed E-state index contributed by atoms with van der Waals surface area (Å²) in [6.45, 7) is 7.69. The van der Waals surface area contributed by atoms with Crippen LogP contribution in [0, 0.1) is 5.92 Å². The van der Waals surface area contributed by atoms with Crippen LogP contribution in [0.25, 0.3) is 0 Å². The molecule has 0 amide bonds. The van der Waals surface area contributed by atoms with Crippen LogP contribution in [0.3, 0.4) is 0 Å². The molecule has 1 rings (SSSR count). The highest BCUT2D eigenvalue weighted by atomic mass is 19.1. The second kappa shape index (κ2) is 8.46. The molecule has 1 nitrogen and oxygen atoms in total. The Balaban J connectivity index is 2.31. The zero-order chi connectivity index (χ0) is 12.5. The van der Waals surface area contributed by atoms with E-state index in [1.165, 1.54) is 31.5 Å². The third-order valence-corrected chi connectivity index (χ3v) is 3.48. The highest BCUT2D eigenvalue weighted by Crippen LogP contribution is 2.17. The maximum Gasteiger partial charge on any atom is 0.108 e. The van der Waals surface area contributed by atoms with Gasteiger partial charge < -0.3 is 4.90 Å². The molecule has 0 aromatic rings. The largest absolute Gasteiger partial charge is 0.303 e. The Morgan fingerprint density at radius 3 is 2.65 bits per heavy atom. The van der Waals surface area contributed by atoms with Crippen molar-refractivity contribution in [1.82, 2.24) is 4.90 Å². The molecule has 98 valence electrons. The number of alkyl halides is 1. The molecule has 2 heteroatoms. The molecule has 0 atom stereocenters. The van der Waals surface area contributed by atoms with E-state index < -0.39 is 0 Å². The van der Waals surface area contributed by atoms with Gasteiger partial charge in [-0.3, -0.25) is 0 Å². The molecule has 1 saturated heterocycles. The van der Waals surface area contributed by atoms with Gasteiger partial charge in [0.25, 0.3) is 0 Å². The van der Waals surface area contributed by atoms with Crippen molar-refractivity contribution < 1.29 is 4.39 Å². The van der Waals surface area contributed by atoms with E-state index in [1.54, 1.807) is 6.08 Å². The number of likely N-dealkylation sites (tertiary alicyclic amines) is 1. The molecule has 17 heavy (non-hydrogen) atoms. The molecule has 0 aromatic heterocycles. The number of halogens is 1. The second-order valence-corrected chi connectivity index (χ2v) is 5.02. The molecule has 1 heterocycles. The van der Waals surface area contributed by atoms with Crippen LogP contribution < -0.4 is 0 Å². The summed E-state index contributed by atoms with van der Waals surface area (Å²) < 4.78 is 12.1. The van der Waals surface area contributed by atoms with E-state index in [2.05, 4.69) is 24.8 Å². The molecule has 0 bridgehead atoms. The lowest BCUT2D eigenvalue weighted by Gasteiger charge is -2.30. The monoisotopic (exact) mass is 239 g/mol. The van der Waals surface area contributed by atoms with Crippen molar-refractivity contribution in [2.24, 2.45) is 5.92 Å². The SMILES string of the molecule is CC/C=C(\C=C/CF)CCN1CCC(C)CC1. The van der Waals surface area contributed by atoms with Crippen LogP contribution in [0.2, 0.25) is 0 Å². The van der Waals surface area contributed by atoms with Crippen LogP contribution in [-0.4, -0.2) is 31.2 Å². The van der Waals surface area contributed by atoms with E-state index in [1.807, 2.05) is 6.08 Å². The number of hydrogen-bond acceptors (Lipinski definition) is 1. The van der Waals surface area contributed by atoms with E-state index in [9.17, 15) is 4.39 Å². The van der Waals surface area contributed by atoms with Crippen molar-refractivity contribution in [2.75, 3.05) is 26.3 Å². The van der Waals surface area contributed by atoms with Crippen molar-refractivity contribution in [3.63, 3.8) is 0 Å². The maximum absolute atomic E-state index is 12.1. The molecule has 0 radical (unpaired) electrons. The normalized spacial score (nSPS) is 20.3. The van der Waals surface area contributed by atoms with Gasteiger partial charge in [-0.2, -0.15) is 0 Å². The summed E-state index contributed by atoms with van der Waals surface area (Å²) in [6.07, 6.45) is 10.5. The Morgan fingerprint density at radius 2 is 2.06 bits per heavy atom. The van der Waals surface area contributed by atoms with Gasteiger partial charge in [0.05, 0.1) is 0 Å². The lowest BCUT2D eigenvalue weighted by atomic mass is 9.99. The first-order chi connectivity index (χ1) is 8.26. The Labute approximate surface area is 105 Å². The Morgan fingerprint density at radius 1 is 1.35 bits per heavy atom. The fourth-order valence-corrected chi connectivity index (χ4v) is 2.28. The Hall–Kier alpha value is -0.630. The van der Waals surface area contributed by atoms with Gasteiger partial charge >= 0.3 is 0 Å². The average molecular weight is 239 g/mol. The highest BCUT2D eigenvalue weighted by molar-refractivity contribution is 5.18. The molecular weight excluding hydrogens is 213 g/mol. The maximum atomic E-state index is 12.1. The fourth-order valence-electron chi connectivity index (χ4n) is 2.28. The predicted molar refractivity (Wildman–Crippen MR) is 72.9 cm³/mol. The summed E-state index contributed by atoms with van der Waals surface area (Å²) in [7, 11) is 0. The van der Waals surface area contributed by atoms with Gasteiger partial charge in [0, 0.05) is 6.54 Å². The zero-order valence-electron chi connectivity index (χ0n) is 11.3. The van der Waals surface area contributed by atoms with E-state index in [4.69, 9.17) is 0 Å². The van der Waals surface area contributed by atoms with Gasteiger partial charge in [0.2, 0.25) is 0 Å². The summed E-state index contributed by atoms with van der Waals surface area (Å²) in [6, 6.07) is 0. The summed E-state index contributed by atoms with van der Waals surface area (Å²) in [4.78, 5) is 2.53. The van der Waals surface area contributed by atoms with Crippen LogP contribution >= 0.6 is 0 Å². The first-order valence-corrected chi connectivity index (χ1v) is 6.90. The molecule has 1 fully saturated rings. The first-order valence-electron chi connectivity index (χ1n) is 6.90. The number of allylic oxidation sites excluding steroid dienone is 3. The highest BCUT2D eigenvalue weighted by Gasteiger charge is 2.14. The lowest BCUT2D eigenvalue weighted by molar-refractivity contribution is 0.195. The molecule has 0 aromatic carbocycles. The molecule has 0 unspecified atom stereocenters. The van der Waals surface area contributed by atoms with Crippen LogP contribution in [0.15, 0.2) is 23.8 Å². The van der Waals surface area contributed by atoms with Gasteiger partial charge in [0.15, 0.2) is 0 Å². The van der Waals surface area contributed by atoms with Crippen LogP contribution in [-0.2, 0) is 0 Å². The fraction of sp³-hybridized carbons (Fsp3) is 0.733. The van der Waals surface area contributed by atoms with Gasteiger partial charge in [0.1, 0.15) is 6.67 Å². The van der Waals surface area contributed by atoms with E-state index >= 15 is 0 Å². The van der Waals surface area contributed by atoms with E-state index in [0.717, 1.165) is 25.3 Å². The average Bonchev–Trinajstić information content (AvgIpc) is 2.35. The Bertz CT molecular complexity index is 250. The number of piperidine rings is 1. The minimum Gasteiger partial charge on any atom is -0.303 e. The third-order valence-electron chi connectivity index (χ3n) is 3.48. The van der Waals surface area contributed by atoms with Gasteiger partial charge in [-0.25, -0.2) is 4.39 Å². The molecule has 0 spiro atoms. The lowest BCUT2D eigenvalue weighted by Crippen LogP contribution is -2.33. The van der Waals surface area contributed by atoms with Gasteiger partial charge in [-0.1, -0.05) is 37.6 Å². The van der Waals surface area contributed by atoms with Crippen LogP contribution in [0.4, 0.5) is 4.39 Å². The molecule has 1 aliphatic rings. The summed E-state index contributed by atoms with van der Waals surface area (Å²) in [5.41, 5.74) is 1.28. The standard InChI is InChI=1S/C15H26FN/c1-3-5-15(6-4-10-16)9-13-17-11-7-14(2)8-12-17/h4-6,14H,3,7-13H2,1-2H3/b6-4-,15-5+. The van der Waals surface area contributed by atoms with Crippen LogP contribution in [0.1, 0.15) is 39.5 Å². The van der Waals surface area contributed by atoms with Crippen molar-refractivity contribution in [3.8, 4) is 0 Å². The number of hydrogen-bond donors (Lipinski definition) is 0. The molecule has 0 N–H and O–H groups in total. The van der Waals surface area contributed by atoms with Gasteiger partial charge in [-0.05, 0) is 44.7 Å². The summed E-state index contributed by atoms with van der Waals surface area (Å²) in [5, 5.41) is 0. The third kappa shape index (κ3) is 6.02. The van der Waals surface area contributed by atoms with Crippen molar-refractivity contribution in [2.45, 2.75) is 39.5 Å². The molecular formula is C15H26FN. The zero-order valence-corrected chi connectivity index (χ0v) is 11.3. The van der Waals surface area contributed by atoms with Crippen molar-refractivity contribution >= 4 is 0 Å². The van der Waals surface area contributed by atoms with E-state index in [0.29, 0.717) is 0 Å². The summed E-state index contributed by atoms with van der Waals surface area (Å²) >= 11 is 0. The summed E-state index contributed by atoms with van der Waals surface area (Å²) in [5.74, 6) is 0.892. The van der Waals surface area contributed by atoms with Gasteiger partial charge in [-0.15, -0.1) is 0 Å². The minimum atomic E-state index is -0.359. The van der Waals surface area contributed by atoms with Crippen LogP contribution in [0.5, 0.6) is 0 Å². The second-order valence-electron chi connectivity index (χ2n) is 5.02. The van der Waals surface area contributed by atoms with Crippen molar-refractivity contribution in [1.29, 1.82) is 0 Å². The first kappa shape index (κ1) is 14.4. The predicted octanol–water partition coefficient (Wildman–Crippen LogP) is 3.97.